The first kappa shape index (κ1) is 14.5. The summed E-state index contributed by atoms with van der Waals surface area (Å²) in [7, 11) is -3.64. The summed E-state index contributed by atoms with van der Waals surface area (Å²) in [4.78, 5) is 0.113. The second-order valence-corrected chi connectivity index (χ2v) is 6.55. The van der Waals surface area contributed by atoms with Crippen molar-refractivity contribution in [2.24, 2.45) is 0 Å². The van der Waals surface area contributed by atoms with Crippen molar-refractivity contribution in [1.29, 1.82) is 0 Å². The molecule has 0 fully saturated rings. The minimum atomic E-state index is -3.64. The van der Waals surface area contributed by atoms with Gasteiger partial charge in [0.1, 0.15) is 4.90 Å². The van der Waals surface area contributed by atoms with E-state index in [9.17, 15) is 8.42 Å². The Morgan fingerprint density at radius 3 is 2.50 bits per heavy atom. The summed E-state index contributed by atoms with van der Waals surface area (Å²) in [6.45, 7) is 5.76. The van der Waals surface area contributed by atoms with Gasteiger partial charge in [0.05, 0.1) is 11.9 Å². The molecule has 108 valence electrons. The van der Waals surface area contributed by atoms with Crippen molar-refractivity contribution < 1.29 is 8.42 Å². The number of aryl methyl sites for hydroxylation is 3. The van der Waals surface area contributed by atoms with E-state index in [2.05, 4.69) is 14.9 Å². The number of rotatable bonds is 4. The van der Waals surface area contributed by atoms with Crippen LogP contribution in [0, 0.1) is 20.8 Å². The van der Waals surface area contributed by atoms with E-state index in [1.807, 2.05) is 20.8 Å². The van der Waals surface area contributed by atoms with E-state index < -0.39 is 10.0 Å². The normalized spacial score (nSPS) is 11.8. The lowest BCUT2D eigenvalue weighted by molar-refractivity contribution is 0.581. The first-order chi connectivity index (χ1) is 9.31. The highest BCUT2D eigenvalue weighted by Gasteiger charge is 2.18. The fraction of sp³-hybridized carbons (Fsp3) is 0.308. The number of hydrogen-bond acceptors (Lipinski definition) is 4. The summed E-state index contributed by atoms with van der Waals surface area (Å²) in [5.41, 5.74) is 9.56. The van der Waals surface area contributed by atoms with Crippen molar-refractivity contribution in [3.8, 4) is 0 Å². The Morgan fingerprint density at radius 1 is 1.25 bits per heavy atom. The monoisotopic (exact) mass is 294 g/mol. The smallest absolute Gasteiger partial charge is 0.242 e. The van der Waals surface area contributed by atoms with Gasteiger partial charge in [-0.1, -0.05) is 0 Å². The number of nitrogens with zero attached hydrogens (tertiary/aromatic N) is 1. The van der Waals surface area contributed by atoms with Gasteiger partial charge in [0.15, 0.2) is 0 Å². The van der Waals surface area contributed by atoms with Crippen LogP contribution in [-0.4, -0.2) is 18.6 Å². The van der Waals surface area contributed by atoms with E-state index in [-0.39, 0.29) is 17.1 Å². The van der Waals surface area contributed by atoms with Crippen molar-refractivity contribution in [3.63, 3.8) is 0 Å². The molecule has 0 saturated heterocycles. The van der Waals surface area contributed by atoms with Crippen LogP contribution < -0.4 is 10.5 Å². The summed E-state index contributed by atoms with van der Waals surface area (Å²) in [6.07, 6.45) is 1.60. The van der Waals surface area contributed by atoms with Crippen molar-refractivity contribution in [2.45, 2.75) is 32.2 Å². The van der Waals surface area contributed by atoms with E-state index in [4.69, 9.17) is 5.73 Å². The molecular formula is C13H18N4O2S. The van der Waals surface area contributed by atoms with Crippen LogP contribution >= 0.6 is 0 Å². The van der Waals surface area contributed by atoms with Crippen LogP contribution in [0.15, 0.2) is 23.2 Å². The van der Waals surface area contributed by atoms with Gasteiger partial charge in [-0.15, -0.1) is 0 Å². The first-order valence-corrected chi connectivity index (χ1v) is 7.65. The van der Waals surface area contributed by atoms with E-state index in [0.717, 1.165) is 22.4 Å². The van der Waals surface area contributed by atoms with Gasteiger partial charge >= 0.3 is 0 Å². The summed E-state index contributed by atoms with van der Waals surface area (Å²) in [6, 6.07) is 3.27. The van der Waals surface area contributed by atoms with Gasteiger partial charge in [-0.05, 0) is 44.0 Å². The maximum atomic E-state index is 12.3. The van der Waals surface area contributed by atoms with Crippen molar-refractivity contribution in [3.05, 3.63) is 40.7 Å². The molecule has 1 heterocycles. The summed E-state index contributed by atoms with van der Waals surface area (Å²) >= 11 is 0. The molecule has 0 atom stereocenters. The first-order valence-electron chi connectivity index (χ1n) is 6.16. The molecule has 0 spiro atoms. The predicted octanol–water partition coefficient (Wildman–Crippen LogP) is 1.40. The Morgan fingerprint density at radius 2 is 1.90 bits per heavy atom. The van der Waals surface area contributed by atoms with Gasteiger partial charge < -0.3 is 5.73 Å². The van der Waals surface area contributed by atoms with Crippen molar-refractivity contribution >= 4 is 15.7 Å². The van der Waals surface area contributed by atoms with Gasteiger partial charge in [0.2, 0.25) is 10.0 Å². The third-order valence-electron chi connectivity index (χ3n) is 3.30. The lowest BCUT2D eigenvalue weighted by atomic mass is 10.1. The summed E-state index contributed by atoms with van der Waals surface area (Å²) in [5.74, 6) is 0. The van der Waals surface area contributed by atoms with Crippen molar-refractivity contribution in [1.82, 2.24) is 14.9 Å². The van der Waals surface area contributed by atoms with E-state index in [0.29, 0.717) is 0 Å². The Hall–Kier alpha value is -1.86. The zero-order valence-electron chi connectivity index (χ0n) is 11.7. The number of sulfonamides is 1. The number of benzene rings is 1. The maximum absolute atomic E-state index is 12.3. The Labute approximate surface area is 118 Å². The lowest BCUT2D eigenvalue weighted by Crippen LogP contribution is -2.24. The van der Waals surface area contributed by atoms with Crippen LogP contribution in [0.2, 0.25) is 0 Å². The molecule has 2 aromatic rings. The zero-order valence-corrected chi connectivity index (χ0v) is 12.5. The third kappa shape index (κ3) is 2.83. The predicted molar refractivity (Wildman–Crippen MR) is 77.7 cm³/mol. The highest BCUT2D eigenvalue weighted by Crippen LogP contribution is 2.22. The van der Waals surface area contributed by atoms with Crippen LogP contribution in [0.4, 0.5) is 5.69 Å². The van der Waals surface area contributed by atoms with Gasteiger partial charge in [-0.3, -0.25) is 5.10 Å². The van der Waals surface area contributed by atoms with Gasteiger partial charge in [-0.25, -0.2) is 13.1 Å². The number of H-pyrrole nitrogens is 1. The molecular weight excluding hydrogens is 276 g/mol. The molecule has 0 bridgehead atoms. The SMILES string of the molecule is Cc1cc(N)c(S(=O)(=O)NCc2cn[nH]c2C)cc1C. The molecule has 6 nitrogen and oxygen atoms in total. The molecule has 4 N–H and O–H groups in total. The standard InChI is InChI=1S/C13H18N4O2S/c1-8-4-12(14)13(5-9(8)2)20(18,19)16-7-11-6-15-17-10(11)3/h4-6,16H,7,14H2,1-3H3,(H,15,17). The zero-order chi connectivity index (χ0) is 14.9. The minimum absolute atomic E-state index is 0.113. The Bertz CT molecular complexity index is 735. The Kier molecular flexibility index (Phi) is 3.82. The average Bonchev–Trinajstić information content (AvgIpc) is 2.77. The third-order valence-corrected chi connectivity index (χ3v) is 4.76. The number of hydrogen-bond donors (Lipinski definition) is 3. The van der Waals surface area contributed by atoms with Gasteiger partial charge in [0, 0.05) is 17.8 Å². The largest absolute Gasteiger partial charge is 0.398 e. The molecule has 0 aliphatic carbocycles. The minimum Gasteiger partial charge on any atom is -0.398 e. The number of aromatic amines is 1. The highest BCUT2D eigenvalue weighted by atomic mass is 32.2. The summed E-state index contributed by atoms with van der Waals surface area (Å²) in [5, 5.41) is 6.62. The number of aromatic nitrogens is 2. The molecule has 20 heavy (non-hydrogen) atoms. The van der Waals surface area contributed by atoms with E-state index >= 15 is 0 Å². The number of anilines is 1. The molecule has 0 radical (unpaired) electrons. The molecule has 0 unspecified atom stereocenters. The van der Waals surface area contributed by atoms with E-state index in [1.165, 1.54) is 0 Å². The summed E-state index contributed by atoms with van der Waals surface area (Å²) < 4.78 is 27.1. The molecule has 0 aliphatic heterocycles. The fourth-order valence-electron chi connectivity index (χ4n) is 1.85. The highest BCUT2D eigenvalue weighted by molar-refractivity contribution is 7.89. The Balaban J connectivity index is 2.27. The van der Waals surface area contributed by atoms with Crippen LogP contribution in [0.25, 0.3) is 0 Å². The molecule has 1 aromatic carbocycles. The quantitative estimate of drug-likeness (QED) is 0.742. The van der Waals surface area contributed by atoms with Crippen LogP contribution in [0.1, 0.15) is 22.4 Å². The lowest BCUT2D eigenvalue weighted by Gasteiger charge is -2.11. The average molecular weight is 294 g/mol. The van der Waals surface area contributed by atoms with Crippen molar-refractivity contribution in [2.75, 3.05) is 5.73 Å². The second-order valence-electron chi connectivity index (χ2n) is 4.82. The van der Waals surface area contributed by atoms with Gasteiger partial charge in [-0.2, -0.15) is 5.10 Å². The second kappa shape index (κ2) is 5.26. The fourth-order valence-corrected chi connectivity index (χ4v) is 3.05. The molecule has 0 aliphatic rings. The van der Waals surface area contributed by atoms with Gasteiger partial charge in [0.25, 0.3) is 0 Å². The van der Waals surface area contributed by atoms with Crippen LogP contribution in [-0.2, 0) is 16.6 Å². The number of nitrogens with one attached hydrogen (secondary N) is 2. The maximum Gasteiger partial charge on any atom is 0.242 e. The number of nitrogens with two attached hydrogens (primary N) is 1. The molecule has 2 rings (SSSR count). The molecule has 1 aromatic heterocycles. The van der Waals surface area contributed by atoms with Crippen LogP contribution in [0.3, 0.4) is 0 Å². The topological polar surface area (TPSA) is 101 Å². The number of nitrogen functional groups attached to an aromatic ring is 1. The van der Waals surface area contributed by atoms with Crippen LogP contribution in [0.5, 0.6) is 0 Å². The molecule has 0 saturated carbocycles. The van der Waals surface area contributed by atoms with E-state index in [1.54, 1.807) is 18.3 Å². The molecule has 7 heteroatoms. The molecule has 0 amide bonds.